The van der Waals surface area contributed by atoms with Gasteiger partial charge in [0.05, 0.1) is 5.41 Å². The monoisotopic (exact) mass is 373 g/mol. The number of benzene rings is 1. The number of rotatable bonds is 7. The Kier molecular flexibility index (Phi) is 5.99. The van der Waals surface area contributed by atoms with Crippen molar-refractivity contribution in [2.45, 2.75) is 39.2 Å². The molecule has 0 spiro atoms. The number of ether oxygens (including phenoxy) is 1. The molecule has 8 nitrogen and oxygen atoms in total. The normalized spacial score (nSPS) is 11.2. The average molecular weight is 373 g/mol. The number of hydrogen-bond donors (Lipinski definition) is 2. The summed E-state index contributed by atoms with van der Waals surface area (Å²) in [5.41, 5.74) is 3.64. The van der Waals surface area contributed by atoms with Gasteiger partial charge in [-0.25, -0.2) is 4.79 Å². The van der Waals surface area contributed by atoms with Gasteiger partial charge in [-0.1, -0.05) is 37.3 Å². The van der Waals surface area contributed by atoms with E-state index >= 15 is 0 Å². The number of aromatic amines is 1. The molecule has 8 heteroatoms. The first kappa shape index (κ1) is 20.2. The zero-order valence-corrected chi connectivity index (χ0v) is 15.6. The van der Waals surface area contributed by atoms with Gasteiger partial charge in [0.25, 0.3) is 5.56 Å². The van der Waals surface area contributed by atoms with Crippen molar-refractivity contribution < 1.29 is 14.3 Å². The molecule has 0 aliphatic rings. The molecule has 0 radical (unpaired) electrons. The number of esters is 1. The van der Waals surface area contributed by atoms with Crippen LogP contribution >= 0.6 is 0 Å². The fraction of sp³-hybridized carbons (Fsp3) is 0.368. The van der Waals surface area contributed by atoms with E-state index in [2.05, 4.69) is 4.98 Å². The van der Waals surface area contributed by atoms with E-state index in [0.29, 0.717) is 6.42 Å². The van der Waals surface area contributed by atoms with Crippen LogP contribution in [0.5, 0.6) is 0 Å². The SMILES string of the molecule is CCCn1c(N)c(C(=O)COC(=O)C(C)(C)c2ccccc2)c(=O)[nH]c1=O. The van der Waals surface area contributed by atoms with Crippen molar-refractivity contribution in [2.24, 2.45) is 0 Å². The number of hydrogen-bond acceptors (Lipinski definition) is 6. The summed E-state index contributed by atoms with van der Waals surface area (Å²) < 4.78 is 6.25. The van der Waals surface area contributed by atoms with Gasteiger partial charge in [0.2, 0.25) is 5.78 Å². The second kappa shape index (κ2) is 8.03. The van der Waals surface area contributed by atoms with Crippen LogP contribution < -0.4 is 17.0 Å². The number of ketones is 1. The van der Waals surface area contributed by atoms with Crippen LogP contribution in [0.1, 0.15) is 43.1 Å². The van der Waals surface area contributed by atoms with Gasteiger partial charge >= 0.3 is 11.7 Å². The van der Waals surface area contributed by atoms with E-state index in [1.807, 2.05) is 13.0 Å². The standard InChI is InChI=1S/C19H23N3O5/c1-4-10-22-15(20)14(16(24)21-18(22)26)13(23)11-27-17(25)19(2,3)12-8-6-5-7-9-12/h5-9H,4,10-11,20H2,1-3H3,(H,21,24,26). The molecule has 0 bridgehead atoms. The first-order valence-corrected chi connectivity index (χ1v) is 8.58. The molecule has 0 aliphatic heterocycles. The third-order valence-corrected chi connectivity index (χ3v) is 4.31. The molecular formula is C19H23N3O5. The molecular weight excluding hydrogens is 350 g/mol. The molecule has 0 atom stereocenters. The Morgan fingerprint density at radius 2 is 1.81 bits per heavy atom. The highest BCUT2D eigenvalue weighted by Crippen LogP contribution is 2.24. The van der Waals surface area contributed by atoms with E-state index in [4.69, 9.17) is 10.5 Å². The summed E-state index contributed by atoms with van der Waals surface area (Å²) in [6, 6.07) is 8.99. The largest absolute Gasteiger partial charge is 0.457 e. The van der Waals surface area contributed by atoms with Crippen molar-refractivity contribution >= 4 is 17.6 Å². The number of nitrogens with two attached hydrogens (primary N) is 1. The Morgan fingerprint density at radius 1 is 1.19 bits per heavy atom. The fourth-order valence-electron chi connectivity index (χ4n) is 2.66. The average Bonchev–Trinajstić information content (AvgIpc) is 2.63. The Morgan fingerprint density at radius 3 is 2.41 bits per heavy atom. The lowest BCUT2D eigenvalue weighted by molar-refractivity contribution is -0.148. The Hall–Kier alpha value is -3.16. The quantitative estimate of drug-likeness (QED) is 0.556. The molecule has 1 aromatic heterocycles. The second-order valence-electron chi connectivity index (χ2n) is 6.66. The van der Waals surface area contributed by atoms with Crippen LogP contribution in [0.2, 0.25) is 0 Å². The van der Waals surface area contributed by atoms with E-state index < -0.39 is 35.0 Å². The van der Waals surface area contributed by atoms with Gasteiger partial charge in [-0.05, 0) is 25.8 Å². The zero-order chi connectivity index (χ0) is 20.2. The van der Waals surface area contributed by atoms with Gasteiger partial charge in [0.1, 0.15) is 11.4 Å². The van der Waals surface area contributed by atoms with E-state index in [9.17, 15) is 19.2 Å². The number of nitrogens with one attached hydrogen (secondary N) is 1. The number of H-pyrrole nitrogens is 1. The molecule has 0 aliphatic carbocycles. The molecule has 0 unspecified atom stereocenters. The Labute approximate surface area is 156 Å². The third kappa shape index (κ3) is 4.16. The van der Waals surface area contributed by atoms with Crippen molar-refractivity contribution in [3.8, 4) is 0 Å². The third-order valence-electron chi connectivity index (χ3n) is 4.31. The van der Waals surface area contributed by atoms with Gasteiger partial charge in [-0.2, -0.15) is 0 Å². The molecule has 3 N–H and O–H groups in total. The van der Waals surface area contributed by atoms with Crippen LogP contribution in [0.25, 0.3) is 0 Å². The van der Waals surface area contributed by atoms with Crippen LogP contribution in [-0.2, 0) is 21.5 Å². The zero-order valence-electron chi connectivity index (χ0n) is 15.6. The summed E-state index contributed by atoms with van der Waals surface area (Å²) >= 11 is 0. The molecule has 0 fully saturated rings. The van der Waals surface area contributed by atoms with Crippen LogP contribution in [0.4, 0.5) is 5.82 Å². The molecule has 0 amide bonds. The summed E-state index contributed by atoms with van der Waals surface area (Å²) in [5, 5.41) is 0. The fourth-order valence-corrected chi connectivity index (χ4v) is 2.66. The molecule has 2 aromatic rings. The number of aromatic nitrogens is 2. The van der Waals surface area contributed by atoms with Crippen LogP contribution in [0.3, 0.4) is 0 Å². The Balaban J connectivity index is 2.21. The number of carbonyl (C=O) groups excluding carboxylic acids is 2. The summed E-state index contributed by atoms with van der Waals surface area (Å²) in [7, 11) is 0. The maximum atomic E-state index is 12.4. The van der Waals surface area contributed by atoms with Crippen LogP contribution in [-0.4, -0.2) is 27.9 Å². The molecule has 2 rings (SSSR count). The van der Waals surface area contributed by atoms with Crippen LogP contribution in [0.15, 0.2) is 39.9 Å². The highest BCUT2D eigenvalue weighted by molar-refractivity contribution is 6.01. The molecule has 0 saturated heterocycles. The first-order valence-electron chi connectivity index (χ1n) is 8.58. The predicted octanol–water partition coefficient (Wildman–Crippen LogP) is 1.23. The van der Waals surface area contributed by atoms with E-state index in [1.165, 1.54) is 0 Å². The maximum absolute atomic E-state index is 12.4. The number of nitrogens with zero attached hydrogens (tertiary/aromatic N) is 1. The predicted molar refractivity (Wildman–Crippen MR) is 101 cm³/mol. The highest BCUT2D eigenvalue weighted by atomic mass is 16.5. The van der Waals surface area contributed by atoms with Gasteiger partial charge in [-0.3, -0.25) is 23.9 Å². The van der Waals surface area contributed by atoms with Gasteiger partial charge in [0, 0.05) is 6.54 Å². The minimum atomic E-state index is -0.972. The summed E-state index contributed by atoms with van der Waals surface area (Å²) in [6.07, 6.45) is 0.587. The van der Waals surface area contributed by atoms with Gasteiger partial charge in [-0.15, -0.1) is 0 Å². The maximum Gasteiger partial charge on any atom is 0.329 e. The van der Waals surface area contributed by atoms with Crippen molar-refractivity contribution in [1.29, 1.82) is 0 Å². The number of Topliss-reactive ketones (excluding diaryl/α,β-unsaturated/α-hetero) is 1. The van der Waals surface area contributed by atoms with Crippen molar-refractivity contribution in [3.05, 3.63) is 62.3 Å². The minimum Gasteiger partial charge on any atom is -0.457 e. The van der Waals surface area contributed by atoms with E-state index in [0.717, 1.165) is 10.1 Å². The Bertz CT molecular complexity index is 958. The number of carbonyl (C=O) groups is 2. The van der Waals surface area contributed by atoms with Crippen molar-refractivity contribution in [2.75, 3.05) is 12.3 Å². The lowest BCUT2D eigenvalue weighted by Gasteiger charge is -2.22. The summed E-state index contributed by atoms with van der Waals surface area (Å²) in [5.74, 6) is -1.61. The molecule has 27 heavy (non-hydrogen) atoms. The smallest absolute Gasteiger partial charge is 0.329 e. The number of anilines is 1. The molecule has 1 heterocycles. The van der Waals surface area contributed by atoms with Crippen LogP contribution in [0, 0.1) is 0 Å². The van der Waals surface area contributed by atoms with Crippen molar-refractivity contribution in [1.82, 2.24) is 9.55 Å². The molecule has 144 valence electrons. The lowest BCUT2D eigenvalue weighted by atomic mass is 9.85. The summed E-state index contributed by atoms with van der Waals surface area (Å²) in [6.45, 7) is 4.79. The highest BCUT2D eigenvalue weighted by Gasteiger charge is 2.32. The van der Waals surface area contributed by atoms with E-state index in [-0.39, 0.29) is 17.9 Å². The van der Waals surface area contributed by atoms with Gasteiger partial charge < -0.3 is 10.5 Å². The van der Waals surface area contributed by atoms with Gasteiger partial charge in [0.15, 0.2) is 6.61 Å². The topological polar surface area (TPSA) is 124 Å². The molecule has 0 saturated carbocycles. The second-order valence-corrected chi connectivity index (χ2v) is 6.66. The number of nitrogen functional groups attached to an aromatic ring is 1. The van der Waals surface area contributed by atoms with Crippen molar-refractivity contribution in [3.63, 3.8) is 0 Å². The van der Waals surface area contributed by atoms with E-state index in [1.54, 1.807) is 38.1 Å². The lowest BCUT2D eigenvalue weighted by Crippen LogP contribution is -2.38. The summed E-state index contributed by atoms with van der Waals surface area (Å²) in [4.78, 5) is 50.8. The first-order chi connectivity index (χ1) is 12.7. The minimum absolute atomic E-state index is 0.228. The molecule has 1 aromatic carbocycles.